The van der Waals surface area contributed by atoms with Crippen LogP contribution in [-0.4, -0.2) is 54.5 Å². The molecule has 4 nitrogen and oxygen atoms in total. The van der Waals surface area contributed by atoms with E-state index in [4.69, 9.17) is 5.73 Å². The van der Waals surface area contributed by atoms with Crippen molar-refractivity contribution in [2.75, 3.05) is 32.7 Å². The number of hydrogen-bond acceptors (Lipinski definition) is 3. The number of hydrogen-bond donors (Lipinski definition) is 1. The van der Waals surface area contributed by atoms with E-state index < -0.39 is 0 Å². The Balaban J connectivity index is 0.00000121. The highest BCUT2D eigenvalue weighted by Gasteiger charge is 2.36. The molecule has 2 saturated carbocycles. The lowest BCUT2D eigenvalue weighted by molar-refractivity contribution is -0.138. The molecule has 3 fully saturated rings. The van der Waals surface area contributed by atoms with Gasteiger partial charge in [0, 0.05) is 38.1 Å². The van der Waals surface area contributed by atoms with E-state index in [1.54, 1.807) is 0 Å². The summed E-state index contributed by atoms with van der Waals surface area (Å²) in [6.45, 7) is 4.71. The van der Waals surface area contributed by atoms with Gasteiger partial charge in [-0.15, -0.1) is 24.8 Å². The molecule has 1 amide bonds. The van der Waals surface area contributed by atoms with Crippen LogP contribution in [0.2, 0.25) is 0 Å². The summed E-state index contributed by atoms with van der Waals surface area (Å²) < 4.78 is 0. The van der Waals surface area contributed by atoms with Crippen molar-refractivity contribution in [1.29, 1.82) is 0 Å². The van der Waals surface area contributed by atoms with E-state index in [-0.39, 0.29) is 30.7 Å². The molecule has 0 aromatic carbocycles. The number of amides is 1. The molecule has 6 heteroatoms. The van der Waals surface area contributed by atoms with Gasteiger partial charge >= 0.3 is 0 Å². The molecule has 3 aliphatic rings. The fourth-order valence-corrected chi connectivity index (χ4v) is 4.46. The normalized spacial score (nSPS) is 30.0. The van der Waals surface area contributed by atoms with Crippen LogP contribution in [0.5, 0.6) is 0 Å². The third-order valence-electron chi connectivity index (χ3n) is 5.75. The number of carbonyl (C=O) groups is 1. The Hall–Kier alpha value is -0.0300. The van der Waals surface area contributed by atoms with Crippen molar-refractivity contribution >= 4 is 30.7 Å². The second-order valence-corrected chi connectivity index (χ2v) is 6.83. The van der Waals surface area contributed by atoms with Gasteiger partial charge in [0.25, 0.3) is 0 Å². The summed E-state index contributed by atoms with van der Waals surface area (Å²) >= 11 is 0. The Labute approximate surface area is 147 Å². The van der Waals surface area contributed by atoms with Gasteiger partial charge < -0.3 is 10.6 Å². The second-order valence-electron chi connectivity index (χ2n) is 6.83. The topological polar surface area (TPSA) is 49.6 Å². The Kier molecular flexibility index (Phi) is 8.47. The standard InChI is InChI=1S/C16H29N3O.2ClH/c17-12-13-4-3-7-15(13)16(20)19-10-8-18(9-11-19)14-5-1-2-6-14;;/h13-15H,1-12,17H2;2*1H/t13-,15-;;/m1../s1. The van der Waals surface area contributed by atoms with Gasteiger partial charge in [0.2, 0.25) is 5.91 Å². The molecule has 3 rings (SSSR count). The van der Waals surface area contributed by atoms with Crippen molar-refractivity contribution in [3.05, 3.63) is 0 Å². The molecule has 0 spiro atoms. The minimum absolute atomic E-state index is 0. The highest BCUT2D eigenvalue weighted by atomic mass is 35.5. The smallest absolute Gasteiger partial charge is 0.226 e. The highest BCUT2D eigenvalue weighted by molar-refractivity contribution is 5.85. The number of piperazine rings is 1. The maximum Gasteiger partial charge on any atom is 0.226 e. The molecule has 0 unspecified atom stereocenters. The first-order chi connectivity index (χ1) is 9.79. The lowest BCUT2D eigenvalue weighted by Gasteiger charge is -2.39. The van der Waals surface area contributed by atoms with Gasteiger partial charge in [-0.3, -0.25) is 9.69 Å². The average Bonchev–Trinajstić information content (AvgIpc) is 3.17. The predicted octanol–water partition coefficient (Wildman–Crippen LogP) is 2.29. The predicted molar refractivity (Wildman–Crippen MR) is 94.8 cm³/mol. The zero-order chi connectivity index (χ0) is 13.9. The fraction of sp³-hybridized carbons (Fsp3) is 0.938. The highest BCUT2D eigenvalue weighted by Crippen LogP contribution is 2.33. The summed E-state index contributed by atoms with van der Waals surface area (Å²) in [6, 6.07) is 0.801. The van der Waals surface area contributed by atoms with Crippen molar-refractivity contribution in [1.82, 2.24) is 9.80 Å². The molecular weight excluding hydrogens is 321 g/mol. The third kappa shape index (κ3) is 4.28. The average molecular weight is 352 g/mol. The number of rotatable bonds is 3. The van der Waals surface area contributed by atoms with Gasteiger partial charge in [-0.2, -0.15) is 0 Å². The first-order valence-corrected chi connectivity index (χ1v) is 8.52. The van der Waals surface area contributed by atoms with Crippen molar-refractivity contribution in [3.63, 3.8) is 0 Å². The minimum atomic E-state index is 0. The van der Waals surface area contributed by atoms with Crippen LogP contribution in [0.4, 0.5) is 0 Å². The summed E-state index contributed by atoms with van der Waals surface area (Å²) in [5.41, 5.74) is 5.82. The van der Waals surface area contributed by atoms with E-state index in [1.807, 2.05) is 0 Å². The summed E-state index contributed by atoms with van der Waals surface area (Å²) in [5, 5.41) is 0. The molecule has 0 aromatic heterocycles. The second kappa shape index (κ2) is 9.31. The summed E-state index contributed by atoms with van der Waals surface area (Å²) in [5.74, 6) is 1.05. The largest absolute Gasteiger partial charge is 0.340 e. The molecule has 2 atom stereocenters. The quantitative estimate of drug-likeness (QED) is 0.848. The number of carbonyl (C=O) groups excluding carboxylic acids is 1. The van der Waals surface area contributed by atoms with E-state index in [1.165, 1.54) is 32.1 Å². The van der Waals surface area contributed by atoms with Crippen molar-refractivity contribution in [2.24, 2.45) is 17.6 Å². The Morgan fingerprint density at radius 3 is 2.14 bits per heavy atom. The lowest BCUT2D eigenvalue weighted by atomic mass is 9.94. The molecule has 1 saturated heterocycles. The monoisotopic (exact) mass is 351 g/mol. The van der Waals surface area contributed by atoms with Gasteiger partial charge in [0.1, 0.15) is 0 Å². The van der Waals surface area contributed by atoms with E-state index in [0.717, 1.165) is 45.1 Å². The molecule has 22 heavy (non-hydrogen) atoms. The number of halogens is 2. The molecule has 1 aliphatic heterocycles. The van der Waals surface area contributed by atoms with Crippen LogP contribution in [-0.2, 0) is 4.79 Å². The lowest BCUT2D eigenvalue weighted by Crippen LogP contribution is -2.53. The molecule has 0 bridgehead atoms. The fourth-order valence-electron chi connectivity index (χ4n) is 4.46. The molecule has 130 valence electrons. The molecule has 2 aliphatic carbocycles. The van der Waals surface area contributed by atoms with Crippen molar-refractivity contribution in [3.8, 4) is 0 Å². The van der Waals surface area contributed by atoms with Gasteiger partial charge in [-0.25, -0.2) is 0 Å². The molecule has 0 radical (unpaired) electrons. The minimum Gasteiger partial charge on any atom is -0.340 e. The van der Waals surface area contributed by atoms with E-state index in [9.17, 15) is 4.79 Å². The number of nitrogens with zero attached hydrogens (tertiary/aromatic N) is 2. The van der Waals surface area contributed by atoms with Crippen LogP contribution >= 0.6 is 24.8 Å². The first-order valence-electron chi connectivity index (χ1n) is 8.52. The Morgan fingerprint density at radius 1 is 0.909 bits per heavy atom. The van der Waals surface area contributed by atoms with Crippen molar-refractivity contribution in [2.45, 2.75) is 51.0 Å². The van der Waals surface area contributed by atoms with Gasteiger partial charge in [0.05, 0.1) is 0 Å². The molecule has 0 aromatic rings. The van der Waals surface area contributed by atoms with Crippen LogP contribution in [0.3, 0.4) is 0 Å². The Morgan fingerprint density at radius 2 is 1.55 bits per heavy atom. The van der Waals surface area contributed by atoms with E-state index >= 15 is 0 Å². The zero-order valence-electron chi connectivity index (χ0n) is 13.4. The molecule has 1 heterocycles. The molecule has 2 N–H and O–H groups in total. The number of nitrogens with two attached hydrogens (primary N) is 1. The van der Waals surface area contributed by atoms with Gasteiger partial charge in [-0.1, -0.05) is 19.3 Å². The van der Waals surface area contributed by atoms with Crippen molar-refractivity contribution < 1.29 is 4.79 Å². The van der Waals surface area contributed by atoms with Gasteiger partial charge in [0.15, 0.2) is 0 Å². The van der Waals surface area contributed by atoms with Crippen LogP contribution in [0, 0.1) is 11.8 Å². The van der Waals surface area contributed by atoms with Crippen LogP contribution in [0.1, 0.15) is 44.9 Å². The zero-order valence-corrected chi connectivity index (χ0v) is 15.0. The van der Waals surface area contributed by atoms with Gasteiger partial charge in [-0.05, 0) is 38.1 Å². The Bertz CT molecular complexity index is 342. The van der Waals surface area contributed by atoms with E-state index in [2.05, 4.69) is 9.80 Å². The van der Waals surface area contributed by atoms with Crippen LogP contribution in [0.25, 0.3) is 0 Å². The summed E-state index contributed by atoms with van der Waals surface area (Å²) in [4.78, 5) is 17.4. The molecular formula is C16H31Cl2N3O. The van der Waals surface area contributed by atoms with Crippen LogP contribution < -0.4 is 5.73 Å². The summed E-state index contributed by atoms with van der Waals surface area (Å²) in [7, 11) is 0. The summed E-state index contributed by atoms with van der Waals surface area (Å²) in [6.07, 6.45) is 8.91. The maximum absolute atomic E-state index is 12.6. The third-order valence-corrected chi connectivity index (χ3v) is 5.75. The van der Waals surface area contributed by atoms with Crippen LogP contribution in [0.15, 0.2) is 0 Å². The SMILES string of the molecule is Cl.Cl.NC[C@H]1CCC[C@H]1C(=O)N1CCN(C2CCCC2)CC1. The van der Waals surface area contributed by atoms with E-state index in [0.29, 0.717) is 18.4 Å². The maximum atomic E-state index is 12.6. The first kappa shape index (κ1) is 20.0.